The summed E-state index contributed by atoms with van der Waals surface area (Å²) in [6.45, 7) is 2.89. The van der Waals surface area contributed by atoms with E-state index >= 15 is 0 Å². The zero-order valence-electron chi connectivity index (χ0n) is 15.9. The number of hydrogen-bond donors (Lipinski definition) is 2. The highest BCUT2D eigenvalue weighted by molar-refractivity contribution is 6.02. The summed E-state index contributed by atoms with van der Waals surface area (Å²) in [5.74, 6) is -0.0403. The Balaban J connectivity index is 1.47. The van der Waals surface area contributed by atoms with Gasteiger partial charge in [0.15, 0.2) is 0 Å². The van der Waals surface area contributed by atoms with Gasteiger partial charge >= 0.3 is 0 Å². The summed E-state index contributed by atoms with van der Waals surface area (Å²) in [7, 11) is 0. The van der Waals surface area contributed by atoms with Crippen LogP contribution < -0.4 is 15.8 Å². The highest BCUT2D eigenvalue weighted by Crippen LogP contribution is 2.26. The SMILES string of the molecule is CC(=O)N(NCCNc1cccc2ccccc12)c1cccc2ccccc12. The second-order valence-electron chi connectivity index (χ2n) is 6.71. The minimum absolute atomic E-state index is 0.0403. The molecular formula is C24H23N3O. The van der Waals surface area contributed by atoms with Gasteiger partial charge in [-0.1, -0.05) is 72.8 Å². The predicted molar refractivity (Wildman–Crippen MR) is 118 cm³/mol. The number of fused-ring (bicyclic) bond motifs is 2. The molecule has 0 aliphatic heterocycles. The Hall–Kier alpha value is -3.37. The zero-order valence-corrected chi connectivity index (χ0v) is 15.9. The van der Waals surface area contributed by atoms with Crippen molar-refractivity contribution < 1.29 is 4.79 Å². The minimum atomic E-state index is -0.0403. The third-order valence-corrected chi connectivity index (χ3v) is 4.82. The number of carbonyl (C=O) groups excluding carboxylic acids is 1. The van der Waals surface area contributed by atoms with Crippen LogP contribution >= 0.6 is 0 Å². The largest absolute Gasteiger partial charge is 0.383 e. The quantitative estimate of drug-likeness (QED) is 0.373. The van der Waals surface area contributed by atoms with Crippen LogP contribution in [0.4, 0.5) is 11.4 Å². The van der Waals surface area contributed by atoms with E-state index in [9.17, 15) is 4.79 Å². The van der Waals surface area contributed by atoms with E-state index in [4.69, 9.17) is 0 Å². The molecule has 1 amide bonds. The summed E-state index contributed by atoms with van der Waals surface area (Å²) in [5.41, 5.74) is 5.24. The van der Waals surface area contributed by atoms with Gasteiger partial charge in [0.2, 0.25) is 5.91 Å². The molecule has 0 unspecified atom stereocenters. The molecule has 0 aliphatic rings. The minimum Gasteiger partial charge on any atom is -0.383 e. The average Bonchev–Trinajstić information content (AvgIpc) is 2.73. The molecule has 4 nitrogen and oxygen atoms in total. The molecule has 28 heavy (non-hydrogen) atoms. The van der Waals surface area contributed by atoms with E-state index in [0.29, 0.717) is 13.1 Å². The van der Waals surface area contributed by atoms with Gasteiger partial charge in [-0.05, 0) is 22.9 Å². The maximum atomic E-state index is 12.3. The first kappa shape index (κ1) is 18.0. The number of nitrogens with zero attached hydrogens (tertiary/aromatic N) is 1. The molecule has 0 aliphatic carbocycles. The van der Waals surface area contributed by atoms with Crippen molar-refractivity contribution in [1.82, 2.24) is 5.43 Å². The molecule has 4 heteroatoms. The van der Waals surface area contributed by atoms with E-state index in [2.05, 4.69) is 53.2 Å². The van der Waals surface area contributed by atoms with Crippen molar-refractivity contribution in [2.75, 3.05) is 23.4 Å². The average molecular weight is 369 g/mol. The molecule has 0 heterocycles. The van der Waals surface area contributed by atoms with Crippen molar-refractivity contribution in [3.8, 4) is 0 Å². The van der Waals surface area contributed by atoms with Crippen molar-refractivity contribution in [1.29, 1.82) is 0 Å². The first-order valence-corrected chi connectivity index (χ1v) is 9.47. The first-order chi connectivity index (χ1) is 13.7. The smallest absolute Gasteiger partial charge is 0.238 e. The molecule has 4 rings (SSSR count). The predicted octanol–water partition coefficient (Wildman–Crippen LogP) is 4.96. The van der Waals surface area contributed by atoms with E-state index in [-0.39, 0.29) is 5.91 Å². The zero-order chi connectivity index (χ0) is 19.3. The lowest BCUT2D eigenvalue weighted by Crippen LogP contribution is -2.44. The van der Waals surface area contributed by atoms with Crippen molar-refractivity contribution in [3.05, 3.63) is 84.9 Å². The Morgan fingerprint density at radius 1 is 0.750 bits per heavy atom. The Kier molecular flexibility index (Phi) is 5.22. The second-order valence-corrected chi connectivity index (χ2v) is 6.71. The van der Waals surface area contributed by atoms with Gasteiger partial charge in [0, 0.05) is 36.5 Å². The summed E-state index contributed by atoms with van der Waals surface area (Å²) >= 11 is 0. The number of anilines is 2. The molecule has 0 bridgehead atoms. The number of amides is 1. The number of hydrogen-bond acceptors (Lipinski definition) is 3. The monoisotopic (exact) mass is 369 g/mol. The Morgan fingerprint density at radius 3 is 2.11 bits per heavy atom. The van der Waals surface area contributed by atoms with Crippen LogP contribution in [0.2, 0.25) is 0 Å². The Labute approximate surface area is 164 Å². The van der Waals surface area contributed by atoms with Crippen LogP contribution in [-0.4, -0.2) is 19.0 Å². The molecule has 0 atom stereocenters. The number of nitrogens with one attached hydrogen (secondary N) is 2. The molecular weight excluding hydrogens is 346 g/mol. The van der Waals surface area contributed by atoms with Crippen LogP contribution in [0.1, 0.15) is 6.92 Å². The van der Waals surface area contributed by atoms with Gasteiger partial charge in [0.1, 0.15) is 0 Å². The van der Waals surface area contributed by atoms with Gasteiger partial charge < -0.3 is 5.32 Å². The van der Waals surface area contributed by atoms with Crippen molar-refractivity contribution >= 4 is 38.8 Å². The number of hydrazine groups is 1. The third kappa shape index (κ3) is 3.68. The Morgan fingerprint density at radius 2 is 1.36 bits per heavy atom. The molecule has 0 fully saturated rings. The lowest BCUT2D eigenvalue weighted by Gasteiger charge is -2.24. The molecule has 0 saturated heterocycles. The van der Waals surface area contributed by atoms with Gasteiger partial charge in [0.05, 0.1) is 5.69 Å². The number of rotatable bonds is 6. The van der Waals surface area contributed by atoms with Crippen molar-refractivity contribution in [2.45, 2.75) is 6.92 Å². The number of carbonyl (C=O) groups is 1. The van der Waals surface area contributed by atoms with Crippen LogP contribution in [0.3, 0.4) is 0 Å². The van der Waals surface area contributed by atoms with E-state index in [1.54, 1.807) is 11.9 Å². The van der Waals surface area contributed by atoms with Gasteiger partial charge in [-0.25, -0.2) is 10.4 Å². The molecule has 0 radical (unpaired) electrons. The van der Waals surface area contributed by atoms with Gasteiger partial charge in [-0.15, -0.1) is 0 Å². The van der Waals surface area contributed by atoms with Crippen LogP contribution in [0, 0.1) is 0 Å². The van der Waals surface area contributed by atoms with E-state index in [1.807, 2.05) is 42.5 Å². The molecule has 4 aromatic carbocycles. The lowest BCUT2D eigenvalue weighted by molar-refractivity contribution is -0.117. The van der Waals surface area contributed by atoms with Crippen molar-refractivity contribution in [2.24, 2.45) is 0 Å². The second kappa shape index (κ2) is 8.11. The van der Waals surface area contributed by atoms with Gasteiger partial charge in [0.25, 0.3) is 0 Å². The van der Waals surface area contributed by atoms with E-state index in [0.717, 1.165) is 22.1 Å². The van der Waals surface area contributed by atoms with Crippen LogP contribution in [0.15, 0.2) is 84.9 Å². The van der Waals surface area contributed by atoms with Gasteiger partial charge in [-0.3, -0.25) is 4.79 Å². The third-order valence-electron chi connectivity index (χ3n) is 4.82. The normalized spacial score (nSPS) is 10.9. The summed E-state index contributed by atoms with van der Waals surface area (Å²) in [6, 6.07) is 28.6. The highest BCUT2D eigenvalue weighted by atomic mass is 16.2. The Bertz CT molecular complexity index is 1110. The standard InChI is InChI=1S/C24H23N3O/c1-18(28)27(24-15-7-11-20-9-3-5-13-22(20)24)26-17-16-25-23-14-6-10-19-8-2-4-12-21(19)23/h2-15,25-26H,16-17H2,1H3. The summed E-state index contributed by atoms with van der Waals surface area (Å²) in [4.78, 5) is 12.3. The van der Waals surface area contributed by atoms with Crippen LogP contribution in [0.25, 0.3) is 21.5 Å². The van der Waals surface area contributed by atoms with E-state index < -0.39 is 0 Å². The fourth-order valence-corrected chi connectivity index (χ4v) is 3.51. The number of benzene rings is 4. The molecule has 0 aromatic heterocycles. The molecule has 2 N–H and O–H groups in total. The topological polar surface area (TPSA) is 44.4 Å². The van der Waals surface area contributed by atoms with Crippen molar-refractivity contribution in [3.63, 3.8) is 0 Å². The molecule has 0 spiro atoms. The maximum absolute atomic E-state index is 12.3. The summed E-state index contributed by atoms with van der Waals surface area (Å²) < 4.78 is 0. The highest BCUT2D eigenvalue weighted by Gasteiger charge is 2.13. The fraction of sp³-hybridized carbons (Fsp3) is 0.125. The fourth-order valence-electron chi connectivity index (χ4n) is 3.51. The van der Waals surface area contributed by atoms with Crippen LogP contribution in [-0.2, 0) is 4.79 Å². The van der Waals surface area contributed by atoms with E-state index in [1.165, 1.54) is 10.8 Å². The lowest BCUT2D eigenvalue weighted by atomic mass is 10.1. The molecule has 0 saturated carbocycles. The molecule has 140 valence electrons. The first-order valence-electron chi connectivity index (χ1n) is 9.47. The molecule has 4 aromatic rings. The summed E-state index contributed by atoms with van der Waals surface area (Å²) in [6.07, 6.45) is 0. The van der Waals surface area contributed by atoms with Crippen LogP contribution in [0.5, 0.6) is 0 Å². The van der Waals surface area contributed by atoms with Gasteiger partial charge in [-0.2, -0.15) is 0 Å². The maximum Gasteiger partial charge on any atom is 0.238 e. The summed E-state index contributed by atoms with van der Waals surface area (Å²) in [5, 5.41) is 9.67.